The Kier molecular flexibility index (Phi) is 5.43. The molecule has 0 aliphatic heterocycles. The van der Waals surface area contributed by atoms with Crippen molar-refractivity contribution in [1.29, 1.82) is 5.26 Å². The van der Waals surface area contributed by atoms with Crippen LogP contribution in [0, 0.1) is 28.4 Å². The van der Waals surface area contributed by atoms with Crippen LogP contribution in [-0.2, 0) is 6.42 Å². The number of non-ortho nitro benzene ring substituents is 1. The van der Waals surface area contributed by atoms with Crippen molar-refractivity contribution in [3.63, 3.8) is 0 Å². The Labute approximate surface area is 157 Å². The number of nitro benzene ring substituents is 1. The molecule has 0 aliphatic carbocycles. The lowest BCUT2D eigenvalue weighted by Crippen LogP contribution is -2.16. The van der Waals surface area contributed by atoms with Gasteiger partial charge >= 0.3 is 0 Å². The highest BCUT2D eigenvalue weighted by molar-refractivity contribution is 5.62. The van der Waals surface area contributed by atoms with Gasteiger partial charge in [-0.3, -0.25) is 15.1 Å². The number of aryl methyl sites for hydroxylation is 1. The van der Waals surface area contributed by atoms with Crippen LogP contribution in [0.15, 0.2) is 66.9 Å². The summed E-state index contributed by atoms with van der Waals surface area (Å²) in [5.41, 5.74) is 3.82. The van der Waals surface area contributed by atoms with E-state index in [1.807, 2.05) is 31.2 Å². The molecule has 0 amide bonds. The molecule has 1 atom stereocenters. The van der Waals surface area contributed by atoms with E-state index in [2.05, 4.69) is 34.6 Å². The van der Waals surface area contributed by atoms with Crippen LogP contribution in [0.4, 0.5) is 11.4 Å². The second kappa shape index (κ2) is 8.11. The second-order valence-corrected chi connectivity index (χ2v) is 6.24. The van der Waals surface area contributed by atoms with Gasteiger partial charge in [-0.25, -0.2) is 0 Å². The fraction of sp³-hybridized carbons (Fsp3) is 0.143. The summed E-state index contributed by atoms with van der Waals surface area (Å²) >= 11 is 0. The van der Waals surface area contributed by atoms with E-state index in [-0.39, 0.29) is 17.3 Å². The maximum absolute atomic E-state index is 11.0. The Morgan fingerprint density at radius 1 is 1.19 bits per heavy atom. The third kappa shape index (κ3) is 4.47. The zero-order valence-electron chi connectivity index (χ0n) is 14.8. The second-order valence-electron chi connectivity index (χ2n) is 6.24. The van der Waals surface area contributed by atoms with Crippen molar-refractivity contribution in [2.24, 2.45) is 0 Å². The minimum atomic E-state index is -0.507. The summed E-state index contributed by atoms with van der Waals surface area (Å²) in [5, 5.41) is 23.7. The van der Waals surface area contributed by atoms with Gasteiger partial charge in [0.25, 0.3) is 5.69 Å². The van der Waals surface area contributed by atoms with E-state index in [1.165, 1.54) is 17.7 Å². The quantitative estimate of drug-likeness (QED) is 0.515. The van der Waals surface area contributed by atoms with Crippen LogP contribution in [0.2, 0.25) is 0 Å². The Morgan fingerprint density at radius 2 is 1.96 bits per heavy atom. The van der Waals surface area contributed by atoms with Gasteiger partial charge in [-0.15, -0.1) is 0 Å². The monoisotopic (exact) mass is 358 g/mol. The number of nitriles is 1. The lowest BCUT2D eigenvalue weighted by Gasteiger charge is -2.20. The number of hydrogen-bond donors (Lipinski definition) is 1. The topological polar surface area (TPSA) is 91.9 Å². The van der Waals surface area contributed by atoms with Crippen molar-refractivity contribution in [3.05, 3.63) is 99.4 Å². The zero-order chi connectivity index (χ0) is 19.2. The standard InChI is InChI=1S/C21H18N4O2/c1-15-5-7-16(8-6-15)12-21(20-4-2-3-11-23-20)24-19-10-9-18(25(26)27)13-17(19)14-22/h2-11,13,21,24H,12H2,1H3. The maximum Gasteiger partial charge on any atom is 0.270 e. The molecule has 2 aromatic carbocycles. The van der Waals surface area contributed by atoms with E-state index in [4.69, 9.17) is 0 Å². The normalized spacial score (nSPS) is 11.4. The smallest absolute Gasteiger partial charge is 0.270 e. The average Bonchev–Trinajstić information content (AvgIpc) is 2.69. The van der Waals surface area contributed by atoms with Crippen LogP contribution >= 0.6 is 0 Å². The minimum absolute atomic E-state index is 0.106. The first kappa shape index (κ1) is 18.1. The molecule has 1 aromatic heterocycles. The van der Waals surface area contributed by atoms with E-state index < -0.39 is 4.92 Å². The number of nitrogens with one attached hydrogen (secondary N) is 1. The third-order valence-electron chi connectivity index (χ3n) is 4.27. The SMILES string of the molecule is Cc1ccc(CC(Nc2ccc([N+](=O)[O-])cc2C#N)c2ccccn2)cc1. The van der Waals surface area contributed by atoms with Gasteiger partial charge in [0.05, 0.1) is 27.9 Å². The van der Waals surface area contributed by atoms with Crippen molar-refractivity contribution in [1.82, 2.24) is 4.98 Å². The van der Waals surface area contributed by atoms with Crippen LogP contribution < -0.4 is 5.32 Å². The molecule has 134 valence electrons. The van der Waals surface area contributed by atoms with Gasteiger partial charge in [0, 0.05) is 18.3 Å². The Hall–Kier alpha value is -3.72. The molecule has 6 nitrogen and oxygen atoms in total. The van der Waals surface area contributed by atoms with E-state index in [0.717, 1.165) is 11.3 Å². The Morgan fingerprint density at radius 3 is 2.59 bits per heavy atom. The molecule has 1 heterocycles. The lowest BCUT2D eigenvalue weighted by molar-refractivity contribution is -0.384. The molecule has 0 spiro atoms. The van der Waals surface area contributed by atoms with E-state index >= 15 is 0 Å². The van der Waals surface area contributed by atoms with Gasteiger partial charge in [-0.1, -0.05) is 35.9 Å². The predicted octanol–water partition coefficient (Wildman–Crippen LogP) is 4.57. The van der Waals surface area contributed by atoms with Crippen LogP contribution in [0.1, 0.15) is 28.4 Å². The predicted molar refractivity (Wildman–Crippen MR) is 103 cm³/mol. The van der Waals surface area contributed by atoms with Gasteiger partial charge in [0.1, 0.15) is 6.07 Å². The maximum atomic E-state index is 11.0. The highest BCUT2D eigenvalue weighted by atomic mass is 16.6. The molecule has 0 aliphatic rings. The van der Waals surface area contributed by atoms with E-state index in [1.54, 1.807) is 12.3 Å². The fourth-order valence-electron chi connectivity index (χ4n) is 2.82. The summed E-state index contributed by atoms with van der Waals surface area (Å²) in [4.78, 5) is 14.9. The summed E-state index contributed by atoms with van der Waals surface area (Å²) < 4.78 is 0. The first-order valence-corrected chi connectivity index (χ1v) is 8.48. The summed E-state index contributed by atoms with van der Waals surface area (Å²) in [6, 6.07) is 20.0. The van der Waals surface area contributed by atoms with Crippen molar-refractivity contribution >= 4 is 11.4 Å². The Balaban J connectivity index is 1.93. The van der Waals surface area contributed by atoms with Crippen molar-refractivity contribution in [3.8, 4) is 6.07 Å². The number of rotatable bonds is 6. The molecular weight excluding hydrogens is 340 g/mol. The minimum Gasteiger partial charge on any atom is -0.375 e. The summed E-state index contributed by atoms with van der Waals surface area (Å²) in [6.07, 6.45) is 2.39. The zero-order valence-corrected chi connectivity index (χ0v) is 14.8. The molecule has 3 aromatic rings. The lowest BCUT2D eigenvalue weighted by atomic mass is 10.0. The van der Waals surface area contributed by atoms with Crippen molar-refractivity contribution in [2.75, 3.05) is 5.32 Å². The van der Waals surface area contributed by atoms with Crippen molar-refractivity contribution in [2.45, 2.75) is 19.4 Å². The number of benzene rings is 2. The number of anilines is 1. The van der Waals surface area contributed by atoms with Gasteiger partial charge in [-0.05, 0) is 37.1 Å². The molecule has 0 bridgehead atoms. The molecule has 0 saturated carbocycles. The molecule has 3 rings (SSSR count). The number of nitrogens with zero attached hydrogens (tertiary/aromatic N) is 3. The number of hydrogen-bond acceptors (Lipinski definition) is 5. The summed E-state index contributed by atoms with van der Waals surface area (Å²) in [7, 11) is 0. The molecule has 27 heavy (non-hydrogen) atoms. The van der Waals surface area contributed by atoms with Crippen LogP contribution in [0.5, 0.6) is 0 Å². The van der Waals surface area contributed by atoms with Gasteiger partial charge < -0.3 is 5.32 Å². The Bertz CT molecular complexity index is 979. The number of aromatic nitrogens is 1. The number of pyridine rings is 1. The largest absolute Gasteiger partial charge is 0.375 e. The summed E-state index contributed by atoms with van der Waals surface area (Å²) in [5.74, 6) is 0. The highest BCUT2D eigenvalue weighted by Gasteiger charge is 2.17. The molecule has 6 heteroatoms. The van der Waals surface area contributed by atoms with E-state index in [9.17, 15) is 15.4 Å². The van der Waals surface area contributed by atoms with Crippen LogP contribution in [0.3, 0.4) is 0 Å². The van der Waals surface area contributed by atoms with Crippen LogP contribution in [0.25, 0.3) is 0 Å². The van der Waals surface area contributed by atoms with Crippen molar-refractivity contribution < 1.29 is 4.92 Å². The third-order valence-corrected chi connectivity index (χ3v) is 4.27. The molecule has 0 fully saturated rings. The summed E-state index contributed by atoms with van der Waals surface area (Å²) in [6.45, 7) is 2.04. The molecular formula is C21H18N4O2. The molecule has 1 unspecified atom stereocenters. The van der Waals surface area contributed by atoms with Gasteiger partial charge in [0.2, 0.25) is 0 Å². The van der Waals surface area contributed by atoms with Gasteiger partial charge in [-0.2, -0.15) is 5.26 Å². The first-order chi connectivity index (χ1) is 13.1. The fourth-order valence-corrected chi connectivity index (χ4v) is 2.82. The van der Waals surface area contributed by atoms with E-state index in [0.29, 0.717) is 12.1 Å². The highest BCUT2D eigenvalue weighted by Crippen LogP contribution is 2.27. The molecule has 0 saturated heterocycles. The number of nitro groups is 1. The van der Waals surface area contributed by atoms with Gasteiger partial charge in [0.15, 0.2) is 0 Å². The average molecular weight is 358 g/mol. The van der Waals surface area contributed by atoms with Crippen LogP contribution in [-0.4, -0.2) is 9.91 Å². The first-order valence-electron chi connectivity index (χ1n) is 8.48. The molecule has 0 radical (unpaired) electrons. The molecule has 1 N–H and O–H groups in total.